The van der Waals surface area contributed by atoms with E-state index >= 15 is 0 Å². The van der Waals surface area contributed by atoms with Crippen molar-refractivity contribution in [2.45, 2.75) is 46.1 Å². The van der Waals surface area contributed by atoms with E-state index in [0.717, 1.165) is 28.9 Å². The van der Waals surface area contributed by atoms with Gasteiger partial charge in [-0.05, 0) is 54.4 Å². The maximum atomic E-state index is 12.9. The van der Waals surface area contributed by atoms with Gasteiger partial charge < -0.3 is 10.3 Å². The molecule has 0 saturated heterocycles. The number of hydrogen-bond acceptors (Lipinski definition) is 3. The van der Waals surface area contributed by atoms with Crippen molar-refractivity contribution in [1.82, 2.24) is 14.8 Å². The monoisotopic (exact) mass is 434 g/mol. The highest BCUT2D eigenvalue weighted by Crippen LogP contribution is 2.30. The molecule has 160 valence electrons. The van der Waals surface area contributed by atoms with Crippen molar-refractivity contribution in [3.63, 3.8) is 0 Å². The highest BCUT2D eigenvalue weighted by atomic mass is 35.5. The van der Waals surface area contributed by atoms with Crippen LogP contribution in [-0.4, -0.2) is 14.8 Å². The zero-order chi connectivity index (χ0) is 22.2. The molecule has 0 amide bonds. The summed E-state index contributed by atoms with van der Waals surface area (Å²) < 4.78 is 1.79. The van der Waals surface area contributed by atoms with E-state index < -0.39 is 0 Å². The number of hydrogen-bond donors (Lipinski definition) is 2. The first-order chi connectivity index (χ1) is 14.8. The largest absolute Gasteiger partial charge is 0.381 e. The lowest BCUT2D eigenvalue weighted by molar-refractivity contribution is 0.565. The molecular weight excluding hydrogens is 408 g/mol. The van der Waals surface area contributed by atoms with Gasteiger partial charge in [-0.2, -0.15) is 5.10 Å². The molecule has 0 bridgehead atoms. The number of nitrogens with one attached hydrogen (secondary N) is 2. The third kappa shape index (κ3) is 4.37. The second kappa shape index (κ2) is 8.23. The number of fused-ring (bicyclic) bond motifs is 1. The van der Waals surface area contributed by atoms with Gasteiger partial charge in [-0.25, -0.2) is 4.68 Å². The van der Waals surface area contributed by atoms with Crippen LogP contribution in [0.15, 0.2) is 59.4 Å². The summed E-state index contributed by atoms with van der Waals surface area (Å²) in [6.45, 7) is 8.94. The van der Waals surface area contributed by atoms with Crippen LogP contribution in [0, 0.1) is 0 Å². The van der Waals surface area contributed by atoms with Gasteiger partial charge >= 0.3 is 0 Å². The molecule has 2 aromatic carbocycles. The number of halogens is 1. The Morgan fingerprint density at radius 2 is 1.74 bits per heavy atom. The summed E-state index contributed by atoms with van der Waals surface area (Å²) in [4.78, 5) is 16.0. The molecule has 0 spiro atoms. The maximum absolute atomic E-state index is 12.9. The number of aromatic nitrogens is 3. The average molecular weight is 435 g/mol. The Kier molecular flexibility index (Phi) is 5.63. The van der Waals surface area contributed by atoms with Gasteiger partial charge in [0.25, 0.3) is 5.56 Å². The SMILES string of the molecule is CCc1ccc(NCc2cc3c(C(C)(C)C)nn(-c4ccc(Cl)cc4)c3[nH]c2=O)cc1. The first kappa shape index (κ1) is 21.2. The highest BCUT2D eigenvalue weighted by molar-refractivity contribution is 6.30. The third-order valence-electron chi connectivity index (χ3n) is 5.39. The zero-order valence-corrected chi connectivity index (χ0v) is 19.0. The first-order valence-electron chi connectivity index (χ1n) is 10.5. The molecule has 0 aliphatic carbocycles. The minimum atomic E-state index is -0.186. The fourth-order valence-electron chi connectivity index (χ4n) is 3.62. The topological polar surface area (TPSA) is 62.7 Å². The van der Waals surface area contributed by atoms with Gasteiger partial charge in [-0.3, -0.25) is 4.79 Å². The second-order valence-corrected chi connectivity index (χ2v) is 9.21. The van der Waals surface area contributed by atoms with Gasteiger partial charge in [0.05, 0.1) is 11.4 Å². The number of H-pyrrole nitrogens is 1. The van der Waals surface area contributed by atoms with Crippen molar-refractivity contribution in [3.8, 4) is 5.69 Å². The maximum Gasteiger partial charge on any atom is 0.254 e. The van der Waals surface area contributed by atoms with Crippen LogP contribution in [0.2, 0.25) is 5.02 Å². The smallest absolute Gasteiger partial charge is 0.254 e. The zero-order valence-electron chi connectivity index (χ0n) is 18.3. The molecule has 2 aromatic heterocycles. The van der Waals surface area contributed by atoms with E-state index in [9.17, 15) is 4.79 Å². The molecule has 0 fully saturated rings. The quantitative estimate of drug-likeness (QED) is 0.414. The summed E-state index contributed by atoms with van der Waals surface area (Å²) in [5.41, 5.74) is 5.11. The molecule has 0 saturated carbocycles. The van der Waals surface area contributed by atoms with Gasteiger partial charge in [0, 0.05) is 33.6 Å². The molecule has 5 nitrogen and oxygen atoms in total. The molecule has 0 radical (unpaired) electrons. The molecule has 4 rings (SSSR count). The molecule has 2 N–H and O–H groups in total. The number of aromatic amines is 1. The van der Waals surface area contributed by atoms with E-state index in [4.69, 9.17) is 16.7 Å². The molecule has 0 aliphatic heterocycles. The number of pyridine rings is 1. The number of benzene rings is 2. The van der Waals surface area contributed by atoms with Crippen molar-refractivity contribution in [2.75, 3.05) is 5.32 Å². The summed E-state index contributed by atoms with van der Waals surface area (Å²) in [5.74, 6) is 0. The van der Waals surface area contributed by atoms with Crippen molar-refractivity contribution in [2.24, 2.45) is 0 Å². The Balaban J connectivity index is 1.75. The standard InChI is InChI=1S/C25H27ClN4O/c1-5-16-6-10-19(11-7-16)27-15-17-14-21-22(25(2,3)4)29-30(23(21)28-24(17)31)20-12-8-18(26)9-13-20/h6-14,27H,5,15H2,1-4H3,(H,28,31). The lowest BCUT2D eigenvalue weighted by atomic mass is 9.90. The van der Waals surface area contributed by atoms with Crippen molar-refractivity contribution in [3.05, 3.63) is 86.8 Å². The lowest BCUT2D eigenvalue weighted by Crippen LogP contribution is -2.17. The number of rotatable bonds is 5. The minimum absolute atomic E-state index is 0.124. The van der Waals surface area contributed by atoms with Gasteiger partial charge in [-0.1, -0.05) is 51.4 Å². The average Bonchev–Trinajstić information content (AvgIpc) is 3.11. The van der Waals surface area contributed by atoms with E-state index in [1.54, 1.807) is 4.68 Å². The van der Waals surface area contributed by atoms with Gasteiger partial charge in [0.15, 0.2) is 0 Å². The fraction of sp³-hybridized carbons (Fsp3) is 0.280. The van der Waals surface area contributed by atoms with E-state index in [1.165, 1.54) is 5.56 Å². The third-order valence-corrected chi connectivity index (χ3v) is 5.64. The van der Waals surface area contributed by atoms with E-state index in [1.807, 2.05) is 42.5 Å². The van der Waals surface area contributed by atoms with Crippen LogP contribution < -0.4 is 10.9 Å². The van der Waals surface area contributed by atoms with Crippen molar-refractivity contribution >= 4 is 28.3 Å². The Labute approximate surface area is 187 Å². The molecule has 0 unspecified atom stereocenters. The molecule has 0 atom stereocenters. The van der Waals surface area contributed by atoms with Crippen molar-refractivity contribution in [1.29, 1.82) is 0 Å². The highest BCUT2D eigenvalue weighted by Gasteiger charge is 2.24. The predicted molar refractivity (Wildman–Crippen MR) is 129 cm³/mol. The number of aryl methyl sites for hydroxylation is 1. The summed E-state index contributed by atoms with van der Waals surface area (Å²) in [5, 5.41) is 9.82. The van der Waals surface area contributed by atoms with Crippen molar-refractivity contribution < 1.29 is 0 Å². The summed E-state index contributed by atoms with van der Waals surface area (Å²) in [7, 11) is 0. The Morgan fingerprint density at radius 3 is 2.35 bits per heavy atom. The minimum Gasteiger partial charge on any atom is -0.381 e. The molecular formula is C25H27ClN4O. The summed E-state index contributed by atoms with van der Waals surface area (Å²) in [6.07, 6.45) is 1.00. The van der Waals surface area contributed by atoms with Gasteiger partial charge in [0.1, 0.15) is 5.65 Å². The molecule has 4 aromatic rings. The van der Waals surface area contributed by atoms with Crippen LogP contribution in [0.4, 0.5) is 5.69 Å². The van der Waals surface area contributed by atoms with Crippen LogP contribution in [0.1, 0.15) is 44.5 Å². The van der Waals surface area contributed by atoms with E-state index in [0.29, 0.717) is 22.8 Å². The summed E-state index contributed by atoms with van der Waals surface area (Å²) >= 11 is 6.05. The molecule has 0 aliphatic rings. The Bertz CT molecular complexity index is 1260. The Morgan fingerprint density at radius 1 is 1.06 bits per heavy atom. The normalized spacial score (nSPS) is 11.8. The van der Waals surface area contributed by atoms with E-state index in [-0.39, 0.29) is 11.0 Å². The van der Waals surface area contributed by atoms with E-state index in [2.05, 4.69) is 50.1 Å². The second-order valence-electron chi connectivity index (χ2n) is 8.78. The van der Waals surface area contributed by atoms with Crippen LogP contribution in [0.25, 0.3) is 16.7 Å². The van der Waals surface area contributed by atoms with Crippen LogP contribution in [-0.2, 0) is 18.4 Å². The fourth-order valence-corrected chi connectivity index (χ4v) is 3.75. The van der Waals surface area contributed by atoms with Crippen LogP contribution >= 0.6 is 11.6 Å². The molecule has 6 heteroatoms. The molecule has 2 heterocycles. The number of nitrogens with zero attached hydrogens (tertiary/aromatic N) is 2. The lowest BCUT2D eigenvalue weighted by Gasteiger charge is -2.15. The van der Waals surface area contributed by atoms with Crippen LogP contribution in [0.5, 0.6) is 0 Å². The summed E-state index contributed by atoms with van der Waals surface area (Å²) in [6, 6.07) is 17.7. The Hall–Kier alpha value is -3.05. The van der Waals surface area contributed by atoms with Gasteiger partial charge in [-0.15, -0.1) is 0 Å². The number of anilines is 1. The van der Waals surface area contributed by atoms with Gasteiger partial charge in [0.2, 0.25) is 0 Å². The predicted octanol–water partition coefficient (Wildman–Crippen LogP) is 5.84. The van der Waals surface area contributed by atoms with Crippen LogP contribution in [0.3, 0.4) is 0 Å². The first-order valence-corrected chi connectivity index (χ1v) is 10.9. The molecule has 31 heavy (non-hydrogen) atoms.